The molecule has 1 aromatic heterocycles. The number of carbonyl (C=O) groups is 2. The fourth-order valence-electron chi connectivity index (χ4n) is 3.12. The van der Waals surface area contributed by atoms with Crippen LogP contribution in [0.25, 0.3) is 0 Å². The lowest BCUT2D eigenvalue weighted by Crippen LogP contribution is -2.55. The van der Waals surface area contributed by atoms with E-state index in [9.17, 15) is 33.8 Å². The van der Waals surface area contributed by atoms with Crippen LogP contribution in [-0.2, 0) is 14.3 Å². The number of H-pyrrole nitrogens is 1. The Kier molecular flexibility index (Phi) is 5.83. The molecule has 1 unspecified atom stereocenters. The molecule has 1 aliphatic rings. The second-order valence-corrected chi connectivity index (χ2v) is 7.30. The maximum Gasteiger partial charge on any atom is 0.330 e. The Labute approximate surface area is 153 Å². The number of carbonyl (C=O) groups excluding carboxylic acids is 2. The monoisotopic (exact) mass is 386 g/mol. The number of nitrogens with zero attached hydrogens (tertiary/aromatic N) is 1. The van der Waals surface area contributed by atoms with Gasteiger partial charge >= 0.3 is 5.69 Å². The highest BCUT2D eigenvalue weighted by molar-refractivity contribution is 5.92. The van der Waals surface area contributed by atoms with E-state index < -0.39 is 70.9 Å². The highest BCUT2D eigenvalue weighted by Crippen LogP contribution is 2.40. The number of ether oxygens (including phenoxy) is 1. The Morgan fingerprint density at radius 3 is 2.41 bits per heavy atom. The number of hydrogen-bond donors (Lipinski definition) is 3. The van der Waals surface area contributed by atoms with Crippen LogP contribution in [0.15, 0.2) is 15.8 Å². The molecule has 4 atom stereocenters. The van der Waals surface area contributed by atoms with Gasteiger partial charge in [-0.2, -0.15) is 4.39 Å². The number of rotatable bonds is 6. The molecule has 3 N–H and O–H groups in total. The third-order valence-electron chi connectivity index (χ3n) is 4.59. The van der Waals surface area contributed by atoms with E-state index in [-0.39, 0.29) is 0 Å². The number of aromatic nitrogens is 2. The van der Waals surface area contributed by atoms with E-state index in [1.165, 1.54) is 27.7 Å². The molecule has 0 aromatic carbocycles. The van der Waals surface area contributed by atoms with Crippen molar-refractivity contribution < 1.29 is 28.9 Å². The molecule has 10 heteroatoms. The fraction of sp³-hybridized carbons (Fsp3) is 0.647. The van der Waals surface area contributed by atoms with Crippen molar-refractivity contribution in [2.45, 2.75) is 58.2 Å². The molecule has 1 saturated heterocycles. The number of ketones is 2. The lowest BCUT2D eigenvalue weighted by molar-refractivity contribution is -0.164. The predicted molar refractivity (Wildman–Crippen MR) is 90.5 cm³/mol. The topological polar surface area (TPSA) is 139 Å². The van der Waals surface area contributed by atoms with Crippen LogP contribution in [0.5, 0.6) is 0 Å². The van der Waals surface area contributed by atoms with Crippen LogP contribution in [0.2, 0.25) is 0 Å². The maximum atomic E-state index is 13.6. The lowest BCUT2D eigenvalue weighted by Gasteiger charge is -2.31. The number of aromatic amines is 1. The maximum absolute atomic E-state index is 13.6. The van der Waals surface area contributed by atoms with Crippen LogP contribution < -0.4 is 11.2 Å². The molecule has 9 nitrogen and oxygen atoms in total. The summed E-state index contributed by atoms with van der Waals surface area (Å²) in [7, 11) is 0. The van der Waals surface area contributed by atoms with Gasteiger partial charge in [0.25, 0.3) is 5.56 Å². The van der Waals surface area contributed by atoms with Gasteiger partial charge in [-0.05, 0) is 0 Å². The van der Waals surface area contributed by atoms with Crippen molar-refractivity contribution in [3.63, 3.8) is 0 Å². The molecule has 0 aliphatic carbocycles. The molecule has 1 fully saturated rings. The Balaban J connectivity index is 2.51. The highest BCUT2D eigenvalue weighted by Gasteiger charge is 2.57. The van der Waals surface area contributed by atoms with Gasteiger partial charge in [0.15, 0.2) is 17.2 Å². The summed E-state index contributed by atoms with van der Waals surface area (Å²) in [5.74, 6) is -3.88. The molecule has 0 amide bonds. The van der Waals surface area contributed by atoms with Crippen LogP contribution in [0.3, 0.4) is 0 Å². The number of aliphatic hydroxyl groups is 2. The molecule has 2 heterocycles. The van der Waals surface area contributed by atoms with Crippen molar-refractivity contribution in [2.75, 3.05) is 0 Å². The fourth-order valence-corrected chi connectivity index (χ4v) is 3.12. The molecule has 1 aromatic rings. The van der Waals surface area contributed by atoms with Crippen LogP contribution in [0.4, 0.5) is 4.39 Å². The first kappa shape index (κ1) is 21.1. The summed E-state index contributed by atoms with van der Waals surface area (Å²) in [6.07, 6.45) is -4.75. The van der Waals surface area contributed by atoms with Gasteiger partial charge in [-0.3, -0.25) is 23.9 Å². The van der Waals surface area contributed by atoms with Crippen molar-refractivity contribution in [3.8, 4) is 0 Å². The molecular formula is C17H23FN2O7. The van der Waals surface area contributed by atoms with E-state index in [1.54, 1.807) is 4.98 Å². The smallest absolute Gasteiger partial charge is 0.330 e. The summed E-state index contributed by atoms with van der Waals surface area (Å²) >= 11 is 0. The highest BCUT2D eigenvalue weighted by atomic mass is 19.1. The quantitative estimate of drug-likeness (QED) is 0.599. The third kappa shape index (κ3) is 3.78. The van der Waals surface area contributed by atoms with Gasteiger partial charge in [0.2, 0.25) is 5.82 Å². The molecule has 1 aliphatic heterocycles. The SMILES string of the molecule is CC(C)C(=O)C(O)[C@H]1O[C@@H](n2cc(F)c(=O)[nH]c2=O)C[C@@]1(O)C(=O)C(C)C. The van der Waals surface area contributed by atoms with Crippen LogP contribution in [0.1, 0.15) is 40.3 Å². The van der Waals surface area contributed by atoms with Gasteiger partial charge in [0.05, 0.1) is 6.20 Å². The number of nitrogens with one attached hydrogen (secondary N) is 1. The van der Waals surface area contributed by atoms with Crippen molar-refractivity contribution >= 4 is 11.6 Å². The molecule has 150 valence electrons. The summed E-state index contributed by atoms with van der Waals surface area (Å²) in [5, 5.41) is 21.4. The van der Waals surface area contributed by atoms with Crippen molar-refractivity contribution in [1.29, 1.82) is 0 Å². The summed E-state index contributed by atoms with van der Waals surface area (Å²) in [6.45, 7) is 6.10. The molecule has 0 bridgehead atoms. The van der Waals surface area contributed by atoms with Crippen LogP contribution in [-0.4, -0.2) is 49.1 Å². The average molecular weight is 386 g/mol. The second-order valence-electron chi connectivity index (χ2n) is 7.30. The Bertz CT molecular complexity index is 860. The van der Waals surface area contributed by atoms with E-state index in [2.05, 4.69) is 0 Å². The molecule has 27 heavy (non-hydrogen) atoms. The summed E-state index contributed by atoms with van der Waals surface area (Å²) in [6, 6.07) is 0. The molecule has 2 rings (SSSR count). The van der Waals surface area contributed by atoms with E-state index in [0.717, 1.165) is 0 Å². The van der Waals surface area contributed by atoms with Crippen molar-refractivity contribution in [2.24, 2.45) is 11.8 Å². The summed E-state index contributed by atoms with van der Waals surface area (Å²) < 4.78 is 19.7. The van der Waals surface area contributed by atoms with E-state index >= 15 is 0 Å². The van der Waals surface area contributed by atoms with Crippen molar-refractivity contribution in [1.82, 2.24) is 9.55 Å². The first-order chi connectivity index (χ1) is 12.4. The minimum absolute atomic E-state index is 0.498. The largest absolute Gasteiger partial charge is 0.382 e. The number of Topliss-reactive ketones (excluding diaryl/α,β-unsaturated/α-hetero) is 2. The van der Waals surface area contributed by atoms with Gasteiger partial charge < -0.3 is 14.9 Å². The number of aliphatic hydroxyl groups excluding tert-OH is 1. The number of hydrogen-bond acceptors (Lipinski definition) is 7. The summed E-state index contributed by atoms with van der Waals surface area (Å²) in [5.41, 5.74) is -4.51. The van der Waals surface area contributed by atoms with Crippen LogP contribution in [0, 0.1) is 17.7 Å². The van der Waals surface area contributed by atoms with E-state index in [0.29, 0.717) is 10.8 Å². The zero-order chi connectivity index (χ0) is 20.7. The summed E-state index contributed by atoms with van der Waals surface area (Å²) in [4.78, 5) is 49.7. The minimum Gasteiger partial charge on any atom is -0.382 e. The van der Waals surface area contributed by atoms with Gasteiger partial charge in [-0.1, -0.05) is 27.7 Å². The van der Waals surface area contributed by atoms with E-state index in [4.69, 9.17) is 4.74 Å². The zero-order valence-corrected chi connectivity index (χ0v) is 15.4. The molecule has 0 saturated carbocycles. The Morgan fingerprint density at radius 2 is 1.89 bits per heavy atom. The van der Waals surface area contributed by atoms with Gasteiger partial charge in [-0.15, -0.1) is 0 Å². The van der Waals surface area contributed by atoms with Gasteiger partial charge in [0.1, 0.15) is 18.4 Å². The predicted octanol–water partition coefficient (Wildman–Crippen LogP) is -0.495. The van der Waals surface area contributed by atoms with Gasteiger partial charge in [-0.25, -0.2) is 4.79 Å². The second kappa shape index (κ2) is 7.45. The van der Waals surface area contributed by atoms with Gasteiger partial charge in [0, 0.05) is 18.3 Å². The molecular weight excluding hydrogens is 363 g/mol. The van der Waals surface area contributed by atoms with Crippen LogP contribution >= 0.6 is 0 Å². The van der Waals surface area contributed by atoms with E-state index in [1.807, 2.05) is 0 Å². The molecule has 0 spiro atoms. The Hall–Kier alpha value is -2.17. The average Bonchev–Trinajstić information content (AvgIpc) is 2.94. The lowest BCUT2D eigenvalue weighted by atomic mass is 9.80. The third-order valence-corrected chi connectivity index (χ3v) is 4.59. The first-order valence-electron chi connectivity index (χ1n) is 8.55. The molecule has 0 radical (unpaired) electrons. The zero-order valence-electron chi connectivity index (χ0n) is 15.4. The first-order valence-corrected chi connectivity index (χ1v) is 8.55. The van der Waals surface area contributed by atoms with Crippen molar-refractivity contribution in [3.05, 3.63) is 32.9 Å². The normalized spacial score (nSPS) is 26.6. The Morgan fingerprint density at radius 1 is 1.30 bits per heavy atom. The standard InChI is InChI=1S/C17H23FN2O7/c1-7(2)11(21)12(22)14-17(26,13(23)8(3)4)5-10(27-14)20-6-9(18)15(24)19-16(20)25/h6-8,10,12,14,22,26H,5H2,1-4H3,(H,19,24,25)/t10-,12?,14-,17-/m1/s1. The minimum atomic E-state index is -2.27. The number of halogens is 1.